The fourth-order valence-corrected chi connectivity index (χ4v) is 4.16. The molecular weight excluding hydrogens is 336 g/mol. The van der Waals surface area contributed by atoms with Crippen LogP contribution in [0, 0.1) is 0 Å². The minimum atomic E-state index is 0.0563. The minimum absolute atomic E-state index is 0.0563. The predicted molar refractivity (Wildman–Crippen MR) is 105 cm³/mol. The Morgan fingerprint density at radius 1 is 1.00 bits per heavy atom. The number of fused-ring (bicyclic) bond motifs is 1. The van der Waals surface area contributed by atoms with E-state index in [1.165, 1.54) is 24.0 Å². The Bertz CT molecular complexity index is 920. The Labute approximate surface area is 159 Å². The molecule has 27 heavy (non-hydrogen) atoms. The topological polar surface area (TPSA) is 49.5 Å². The van der Waals surface area contributed by atoms with Crippen molar-refractivity contribution in [1.29, 1.82) is 0 Å². The summed E-state index contributed by atoms with van der Waals surface area (Å²) in [5.74, 6) is 1.52. The summed E-state index contributed by atoms with van der Waals surface area (Å²) in [6.45, 7) is 0.758. The van der Waals surface area contributed by atoms with Gasteiger partial charge in [0.05, 0.1) is 18.8 Å². The number of hydrogen-bond donors (Lipinski definition) is 1. The molecule has 0 bridgehead atoms. The monoisotopic (exact) mass is 360 g/mol. The lowest BCUT2D eigenvalue weighted by atomic mass is 10.1. The van der Waals surface area contributed by atoms with Crippen molar-refractivity contribution < 1.29 is 9.63 Å². The number of aliphatic hydroxyl groups excluding tert-OH is 1. The first-order chi connectivity index (χ1) is 13.3. The van der Waals surface area contributed by atoms with Crippen molar-refractivity contribution in [3.63, 3.8) is 0 Å². The molecule has 1 N–H and O–H groups in total. The van der Waals surface area contributed by atoms with Gasteiger partial charge in [-0.25, -0.2) is 0 Å². The van der Waals surface area contributed by atoms with Crippen LogP contribution in [0.5, 0.6) is 0 Å². The van der Waals surface area contributed by atoms with Gasteiger partial charge in [-0.05, 0) is 54.5 Å². The quantitative estimate of drug-likeness (QED) is 0.715. The van der Waals surface area contributed by atoms with E-state index >= 15 is 0 Å². The zero-order chi connectivity index (χ0) is 18.2. The second-order valence-electron chi connectivity index (χ2n) is 7.78. The summed E-state index contributed by atoms with van der Waals surface area (Å²) in [6.07, 6.45) is 4.52. The average molecular weight is 360 g/mol. The summed E-state index contributed by atoms with van der Waals surface area (Å²) in [6, 6.07) is 19.4. The third-order valence-corrected chi connectivity index (χ3v) is 5.79. The van der Waals surface area contributed by atoms with E-state index in [0.29, 0.717) is 18.5 Å². The Hall–Kier alpha value is -2.59. The Balaban J connectivity index is 1.45. The second kappa shape index (κ2) is 6.86. The maximum atomic E-state index is 9.57. The third-order valence-electron chi connectivity index (χ3n) is 5.79. The Morgan fingerprint density at radius 3 is 2.48 bits per heavy atom. The molecular formula is C23H24N2O2. The molecule has 4 heteroatoms. The lowest BCUT2D eigenvalue weighted by Crippen LogP contribution is -2.35. The number of hydrogen-bond acceptors (Lipinski definition) is 4. The highest BCUT2D eigenvalue weighted by atomic mass is 16.5. The van der Waals surface area contributed by atoms with Gasteiger partial charge in [0.15, 0.2) is 5.76 Å². The summed E-state index contributed by atoms with van der Waals surface area (Å²) in [4.78, 5) is 2.41. The van der Waals surface area contributed by atoms with E-state index in [0.717, 1.165) is 35.5 Å². The fourth-order valence-electron chi connectivity index (χ4n) is 4.16. The molecule has 138 valence electrons. The molecule has 0 aliphatic heterocycles. The van der Waals surface area contributed by atoms with Gasteiger partial charge in [-0.2, -0.15) is 0 Å². The van der Waals surface area contributed by atoms with Crippen molar-refractivity contribution in [3.05, 3.63) is 82.7 Å². The van der Waals surface area contributed by atoms with Crippen LogP contribution in [-0.4, -0.2) is 16.3 Å². The lowest BCUT2D eigenvalue weighted by molar-refractivity contribution is 0.282. The van der Waals surface area contributed by atoms with Crippen LogP contribution in [0.15, 0.2) is 59.1 Å². The van der Waals surface area contributed by atoms with Crippen molar-refractivity contribution in [1.82, 2.24) is 5.16 Å². The largest absolute Gasteiger partial charge is 0.392 e. The van der Waals surface area contributed by atoms with E-state index in [4.69, 9.17) is 4.52 Å². The van der Waals surface area contributed by atoms with Gasteiger partial charge in [0.2, 0.25) is 0 Å². The zero-order valence-corrected chi connectivity index (χ0v) is 15.3. The van der Waals surface area contributed by atoms with Crippen LogP contribution in [0.3, 0.4) is 0 Å². The molecule has 2 aromatic carbocycles. The molecule has 1 aromatic heterocycles. The first kappa shape index (κ1) is 16.6. The van der Waals surface area contributed by atoms with E-state index in [2.05, 4.69) is 52.5 Å². The molecule has 0 amide bonds. The first-order valence-corrected chi connectivity index (χ1v) is 9.79. The maximum absolute atomic E-state index is 9.57. The van der Waals surface area contributed by atoms with Gasteiger partial charge >= 0.3 is 0 Å². The maximum Gasteiger partial charge on any atom is 0.156 e. The number of anilines is 1. The number of nitrogens with zero attached hydrogens (tertiary/aromatic N) is 2. The molecule has 0 atom stereocenters. The highest BCUT2D eigenvalue weighted by molar-refractivity contribution is 5.52. The van der Waals surface area contributed by atoms with Gasteiger partial charge in [-0.3, -0.25) is 0 Å². The molecule has 0 unspecified atom stereocenters. The molecule has 1 fully saturated rings. The highest BCUT2D eigenvalue weighted by Gasteiger charge is 2.30. The number of aliphatic hydroxyl groups is 1. The van der Waals surface area contributed by atoms with Crippen molar-refractivity contribution in [3.8, 4) is 0 Å². The Morgan fingerprint density at radius 2 is 1.78 bits per heavy atom. The SMILES string of the molecule is OCc1cccc(N(Cc2cc(C3CC3)no2)C2Cc3ccccc3C2)c1. The van der Waals surface area contributed by atoms with Crippen molar-refractivity contribution in [2.75, 3.05) is 4.90 Å². The summed E-state index contributed by atoms with van der Waals surface area (Å²) in [5, 5.41) is 13.8. The van der Waals surface area contributed by atoms with Gasteiger partial charge in [0, 0.05) is 23.7 Å². The van der Waals surface area contributed by atoms with Crippen molar-refractivity contribution in [2.45, 2.75) is 50.8 Å². The summed E-state index contributed by atoms with van der Waals surface area (Å²) in [7, 11) is 0. The second-order valence-corrected chi connectivity index (χ2v) is 7.78. The molecule has 1 saturated carbocycles. The molecule has 2 aliphatic carbocycles. The predicted octanol–water partition coefficient (Wildman–Crippen LogP) is 4.22. The zero-order valence-electron chi connectivity index (χ0n) is 15.3. The smallest absolute Gasteiger partial charge is 0.156 e. The number of benzene rings is 2. The lowest BCUT2D eigenvalue weighted by Gasteiger charge is -2.30. The van der Waals surface area contributed by atoms with E-state index in [1.54, 1.807) is 0 Å². The first-order valence-electron chi connectivity index (χ1n) is 9.79. The van der Waals surface area contributed by atoms with Crippen LogP contribution in [0.2, 0.25) is 0 Å². The van der Waals surface area contributed by atoms with Gasteiger partial charge in [0.25, 0.3) is 0 Å². The molecule has 2 aliphatic rings. The minimum Gasteiger partial charge on any atom is -0.392 e. The van der Waals surface area contributed by atoms with Gasteiger partial charge in [-0.1, -0.05) is 41.6 Å². The molecule has 1 heterocycles. The molecule has 0 saturated heterocycles. The van der Waals surface area contributed by atoms with Crippen LogP contribution in [0.4, 0.5) is 5.69 Å². The Kier molecular flexibility index (Phi) is 4.21. The van der Waals surface area contributed by atoms with Crippen LogP contribution in [0.25, 0.3) is 0 Å². The van der Waals surface area contributed by atoms with Crippen molar-refractivity contribution >= 4 is 5.69 Å². The molecule has 0 radical (unpaired) electrons. The number of aromatic nitrogens is 1. The molecule has 4 nitrogen and oxygen atoms in total. The van der Waals surface area contributed by atoms with Crippen LogP contribution in [-0.2, 0) is 26.0 Å². The van der Waals surface area contributed by atoms with Crippen molar-refractivity contribution in [2.24, 2.45) is 0 Å². The summed E-state index contributed by atoms with van der Waals surface area (Å²) in [5.41, 5.74) is 6.03. The number of rotatable bonds is 6. The summed E-state index contributed by atoms with van der Waals surface area (Å²) < 4.78 is 5.67. The highest BCUT2D eigenvalue weighted by Crippen LogP contribution is 2.40. The third kappa shape index (κ3) is 3.37. The molecule has 5 rings (SSSR count). The van der Waals surface area contributed by atoms with E-state index in [1.807, 2.05) is 12.1 Å². The van der Waals surface area contributed by atoms with Gasteiger partial charge in [-0.15, -0.1) is 0 Å². The summed E-state index contributed by atoms with van der Waals surface area (Å²) >= 11 is 0. The van der Waals surface area contributed by atoms with E-state index < -0.39 is 0 Å². The van der Waals surface area contributed by atoms with E-state index in [-0.39, 0.29) is 6.61 Å². The molecule has 3 aromatic rings. The van der Waals surface area contributed by atoms with E-state index in [9.17, 15) is 5.11 Å². The van der Waals surface area contributed by atoms with Gasteiger partial charge < -0.3 is 14.5 Å². The fraction of sp³-hybridized carbons (Fsp3) is 0.348. The van der Waals surface area contributed by atoms with Crippen LogP contribution in [0.1, 0.15) is 46.9 Å². The average Bonchev–Trinajstić information content (AvgIpc) is 3.30. The van der Waals surface area contributed by atoms with Gasteiger partial charge in [0.1, 0.15) is 0 Å². The standard InChI is InChI=1S/C23H24N2O2/c26-15-16-4-3-7-20(10-16)25(14-22-13-23(24-27-22)17-8-9-17)21-11-18-5-1-2-6-19(18)12-21/h1-7,10,13,17,21,26H,8-9,11-12,14-15H2. The van der Waals surface area contributed by atoms with Crippen LogP contribution >= 0.6 is 0 Å². The normalized spacial score (nSPS) is 16.5. The van der Waals surface area contributed by atoms with Crippen LogP contribution < -0.4 is 4.90 Å². The molecule has 0 spiro atoms.